The second kappa shape index (κ2) is 7.71. The van der Waals surface area contributed by atoms with Crippen LogP contribution in [0.15, 0.2) is 24.3 Å². The molecule has 1 aromatic rings. The third kappa shape index (κ3) is 4.52. The van der Waals surface area contributed by atoms with Gasteiger partial charge in [-0.05, 0) is 95.2 Å². The quantitative estimate of drug-likeness (QED) is 0.689. The maximum Gasteiger partial charge on any atom is 0.412 e. The molecule has 4 bridgehead atoms. The number of rotatable bonds is 5. The highest BCUT2D eigenvalue weighted by Gasteiger charge is 2.54. The first-order valence-corrected chi connectivity index (χ1v) is 10.9. The molecule has 4 saturated carbocycles. The Morgan fingerprint density at radius 1 is 1.03 bits per heavy atom. The van der Waals surface area contributed by atoms with Crippen molar-refractivity contribution in [1.29, 1.82) is 0 Å². The number of hydrogen-bond donors (Lipinski definition) is 1. The molecule has 0 radical (unpaired) electrons. The molecular formula is C24H31NO5. The van der Waals surface area contributed by atoms with E-state index in [9.17, 15) is 14.4 Å². The highest BCUT2D eigenvalue weighted by Crippen LogP contribution is 2.60. The topological polar surface area (TPSA) is 81.7 Å². The van der Waals surface area contributed by atoms with E-state index in [4.69, 9.17) is 9.47 Å². The average molecular weight is 414 g/mol. The van der Waals surface area contributed by atoms with Crippen molar-refractivity contribution >= 4 is 23.5 Å². The summed E-state index contributed by atoms with van der Waals surface area (Å²) in [6, 6.07) is 6.46. The molecule has 0 spiro atoms. The third-order valence-electron chi connectivity index (χ3n) is 6.71. The van der Waals surface area contributed by atoms with E-state index >= 15 is 0 Å². The third-order valence-corrected chi connectivity index (χ3v) is 6.71. The number of carbonyl (C=O) groups excluding carboxylic acids is 3. The van der Waals surface area contributed by atoms with E-state index in [1.807, 2.05) is 0 Å². The predicted octanol–water partition coefficient (Wildman–Crippen LogP) is 4.98. The second-order valence-electron chi connectivity index (χ2n) is 10.4. The number of carbonyl (C=O) groups is 3. The maximum absolute atomic E-state index is 13.0. The van der Waals surface area contributed by atoms with Crippen LogP contribution in [-0.4, -0.2) is 30.1 Å². The summed E-state index contributed by atoms with van der Waals surface area (Å²) in [6.45, 7) is 5.16. The van der Waals surface area contributed by atoms with Crippen molar-refractivity contribution in [3.63, 3.8) is 0 Å². The van der Waals surface area contributed by atoms with Crippen LogP contribution in [0.5, 0.6) is 0 Å². The fraction of sp³-hybridized carbons (Fsp3) is 0.625. The summed E-state index contributed by atoms with van der Waals surface area (Å²) in [4.78, 5) is 37.5. The van der Waals surface area contributed by atoms with Crippen LogP contribution in [0.2, 0.25) is 0 Å². The van der Waals surface area contributed by atoms with Crippen LogP contribution in [-0.2, 0) is 14.3 Å². The lowest BCUT2D eigenvalue weighted by Crippen LogP contribution is -2.51. The number of anilines is 1. The van der Waals surface area contributed by atoms with Gasteiger partial charge < -0.3 is 9.47 Å². The minimum Gasteiger partial charge on any atom is -0.454 e. The van der Waals surface area contributed by atoms with Gasteiger partial charge in [-0.1, -0.05) is 6.07 Å². The van der Waals surface area contributed by atoms with Gasteiger partial charge in [-0.3, -0.25) is 10.1 Å². The molecule has 1 N–H and O–H groups in total. The van der Waals surface area contributed by atoms with Crippen molar-refractivity contribution in [1.82, 2.24) is 0 Å². The minimum absolute atomic E-state index is 0.0815. The molecule has 1 aromatic carbocycles. The van der Waals surface area contributed by atoms with E-state index in [0.29, 0.717) is 29.0 Å². The summed E-state index contributed by atoms with van der Waals surface area (Å²) in [6.07, 6.45) is 6.10. The Kier molecular flexibility index (Phi) is 5.37. The average Bonchev–Trinajstić information content (AvgIpc) is 2.63. The van der Waals surface area contributed by atoms with Gasteiger partial charge in [0.2, 0.25) is 0 Å². The largest absolute Gasteiger partial charge is 0.454 e. The second-order valence-corrected chi connectivity index (χ2v) is 10.4. The Bertz CT molecular complexity index is 818. The van der Waals surface area contributed by atoms with Gasteiger partial charge >= 0.3 is 12.1 Å². The summed E-state index contributed by atoms with van der Waals surface area (Å²) >= 11 is 0. The monoisotopic (exact) mass is 413 g/mol. The zero-order valence-electron chi connectivity index (χ0n) is 18.0. The van der Waals surface area contributed by atoms with Crippen molar-refractivity contribution in [2.75, 3.05) is 11.9 Å². The molecule has 0 atom stereocenters. The Balaban J connectivity index is 1.34. The Morgan fingerprint density at radius 3 is 2.20 bits per heavy atom. The molecule has 162 valence electrons. The fourth-order valence-electron chi connectivity index (χ4n) is 5.97. The highest BCUT2D eigenvalue weighted by molar-refractivity contribution is 5.95. The molecule has 30 heavy (non-hydrogen) atoms. The number of benzene rings is 1. The zero-order chi connectivity index (χ0) is 21.5. The molecule has 0 unspecified atom stereocenters. The summed E-state index contributed by atoms with van der Waals surface area (Å²) in [5.74, 6) is 1.54. The van der Waals surface area contributed by atoms with Crippen LogP contribution in [0, 0.1) is 23.2 Å². The molecule has 1 amide bonds. The first-order chi connectivity index (χ1) is 14.1. The highest BCUT2D eigenvalue weighted by atomic mass is 16.6. The maximum atomic E-state index is 13.0. The van der Waals surface area contributed by atoms with Gasteiger partial charge in [-0.2, -0.15) is 0 Å². The van der Waals surface area contributed by atoms with Crippen molar-refractivity contribution < 1.29 is 23.9 Å². The Morgan fingerprint density at radius 2 is 1.63 bits per heavy atom. The number of esters is 1. The standard InChI is InChI=1S/C24H31NO5/c1-23(2,3)30-22(28)25-19-6-4-5-18(10-19)21(27)29-14-20(26)24-11-15-7-16(12-24)9-17(8-15)13-24/h4-6,10,15-17H,7-9,11-14H2,1-3H3,(H,25,28). The van der Waals surface area contributed by atoms with Crippen LogP contribution in [0.3, 0.4) is 0 Å². The number of nitrogens with one attached hydrogen (secondary N) is 1. The molecule has 0 aliphatic heterocycles. The van der Waals surface area contributed by atoms with Crippen LogP contribution < -0.4 is 5.32 Å². The van der Waals surface area contributed by atoms with Crippen LogP contribution in [0.25, 0.3) is 0 Å². The van der Waals surface area contributed by atoms with Gasteiger partial charge in [0.1, 0.15) is 5.60 Å². The summed E-state index contributed by atoms with van der Waals surface area (Å²) in [7, 11) is 0. The Hall–Kier alpha value is -2.37. The molecule has 4 aliphatic carbocycles. The summed E-state index contributed by atoms with van der Waals surface area (Å²) < 4.78 is 10.6. The zero-order valence-corrected chi connectivity index (χ0v) is 18.0. The van der Waals surface area contributed by atoms with Crippen LogP contribution in [0.4, 0.5) is 10.5 Å². The van der Waals surface area contributed by atoms with Gasteiger partial charge in [-0.15, -0.1) is 0 Å². The number of Topliss-reactive ketones (excluding diaryl/α,β-unsaturated/α-hetero) is 1. The van der Waals surface area contributed by atoms with Gasteiger partial charge in [0.05, 0.1) is 5.56 Å². The molecule has 0 aromatic heterocycles. The molecule has 6 nitrogen and oxygen atoms in total. The van der Waals surface area contributed by atoms with Gasteiger partial charge in [0.25, 0.3) is 0 Å². The summed E-state index contributed by atoms with van der Waals surface area (Å²) in [5, 5.41) is 2.61. The van der Waals surface area contributed by atoms with E-state index in [-0.39, 0.29) is 17.8 Å². The smallest absolute Gasteiger partial charge is 0.412 e. The van der Waals surface area contributed by atoms with Gasteiger partial charge in [0.15, 0.2) is 12.4 Å². The van der Waals surface area contributed by atoms with Crippen molar-refractivity contribution in [2.24, 2.45) is 23.2 Å². The van der Waals surface area contributed by atoms with E-state index in [1.54, 1.807) is 39.0 Å². The molecule has 6 heteroatoms. The first-order valence-electron chi connectivity index (χ1n) is 10.9. The number of amides is 1. The van der Waals surface area contributed by atoms with Gasteiger partial charge in [0, 0.05) is 11.1 Å². The van der Waals surface area contributed by atoms with E-state index < -0.39 is 17.7 Å². The van der Waals surface area contributed by atoms with Crippen LogP contribution in [0.1, 0.15) is 69.7 Å². The molecule has 4 aliphatic rings. The number of ketones is 1. The van der Waals surface area contributed by atoms with Crippen LogP contribution >= 0.6 is 0 Å². The van der Waals surface area contributed by atoms with Crippen molar-refractivity contribution in [3.8, 4) is 0 Å². The molecule has 5 rings (SSSR count). The molecule has 0 heterocycles. The van der Waals surface area contributed by atoms with Crippen molar-refractivity contribution in [2.45, 2.75) is 64.9 Å². The van der Waals surface area contributed by atoms with Gasteiger partial charge in [-0.25, -0.2) is 9.59 Å². The van der Waals surface area contributed by atoms with E-state index in [1.165, 1.54) is 25.3 Å². The first kappa shape index (κ1) is 20.9. The molecule has 4 fully saturated rings. The lowest BCUT2D eigenvalue weighted by molar-refractivity contribution is -0.147. The van der Waals surface area contributed by atoms with Crippen molar-refractivity contribution in [3.05, 3.63) is 29.8 Å². The summed E-state index contributed by atoms with van der Waals surface area (Å²) in [5.41, 5.74) is -0.152. The van der Waals surface area contributed by atoms with E-state index in [0.717, 1.165) is 19.3 Å². The minimum atomic E-state index is -0.613. The number of ether oxygens (including phenoxy) is 2. The normalized spacial score (nSPS) is 29.4. The SMILES string of the molecule is CC(C)(C)OC(=O)Nc1cccc(C(=O)OCC(=O)C23CC4CC(CC(C4)C2)C3)c1. The molecule has 0 saturated heterocycles. The Labute approximate surface area is 177 Å². The van der Waals surface area contributed by atoms with E-state index in [2.05, 4.69) is 5.32 Å². The lowest BCUT2D eigenvalue weighted by Gasteiger charge is -2.55. The predicted molar refractivity (Wildman–Crippen MR) is 112 cm³/mol. The fourth-order valence-corrected chi connectivity index (χ4v) is 5.97. The lowest BCUT2D eigenvalue weighted by atomic mass is 9.48. The number of hydrogen-bond acceptors (Lipinski definition) is 5. The molecular weight excluding hydrogens is 382 g/mol.